The molecule has 148 valence electrons. The second-order valence-corrected chi connectivity index (χ2v) is 7.66. The summed E-state index contributed by atoms with van der Waals surface area (Å²) in [6.07, 6.45) is 5.68. The van der Waals surface area contributed by atoms with Crippen LogP contribution in [0.15, 0.2) is 29.3 Å². The van der Waals surface area contributed by atoms with Crippen molar-refractivity contribution in [2.75, 3.05) is 20.2 Å². The van der Waals surface area contributed by atoms with Crippen molar-refractivity contribution in [3.05, 3.63) is 35.6 Å². The second kappa shape index (κ2) is 8.72. The lowest BCUT2D eigenvalue weighted by molar-refractivity contribution is -0.149. The number of aliphatic imine (C=N–C) groups is 1. The van der Waals surface area contributed by atoms with Gasteiger partial charge in [0.25, 0.3) is 0 Å². The Morgan fingerprint density at radius 3 is 2.63 bits per heavy atom. The van der Waals surface area contributed by atoms with Gasteiger partial charge in [0.1, 0.15) is 5.82 Å². The number of nitrogens with one attached hydrogen (secondary N) is 2. The van der Waals surface area contributed by atoms with Crippen molar-refractivity contribution in [1.82, 2.24) is 10.6 Å². The van der Waals surface area contributed by atoms with E-state index in [1.54, 1.807) is 19.2 Å². The Morgan fingerprint density at radius 1 is 1.30 bits per heavy atom. The highest BCUT2D eigenvalue weighted by Gasteiger charge is 2.44. The van der Waals surface area contributed by atoms with Crippen molar-refractivity contribution in [3.63, 3.8) is 0 Å². The topological polar surface area (TPSA) is 62.7 Å². The van der Waals surface area contributed by atoms with E-state index in [0.29, 0.717) is 12.6 Å². The van der Waals surface area contributed by atoms with E-state index in [9.17, 15) is 9.18 Å². The molecule has 3 rings (SSSR count). The van der Waals surface area contributed by atoms with Gasteiger partial charge in [0.05, 0.1) is 12.5 Å². The number of esters is 1. The lowest BCUT2D eigenvalue weighted by atomic mass is 9.86. The first-order chi connectivity index (χ1) is 13.1. The van der Waals surface area contributed by atoms with E-state index >= 15 is 0 Å². The summed E-state index contributed by atoms with van der Waals surface area (Å²) in [6, 6.07) is 7.22. The summed E-state index contributed by atoms with van der Waals surface area (Å²) in [6.45, 7) is 3.03. The van der Waals surface area contributed by atoms with Gasteiger partial charge in [-0.2, -0.15) is 0 Å². The zero-order valence-electron chi connectivity index (χ0n) is 16.3. The molecule has 0 saturated heterocycles. The minimum Gasteiger partial charge on any atom is -0.466 e. The van der Waals surface area contributed by atoms with E-state index in [0.717, 1.165) is 56.6 Å². The number of halogens is 1. The maximum atomic E-state index is 13.5. The lowest BCUT2D eigenvalue weighted by Crippen LogP contribution is -2.47. The summed E-state index contributed by atoms with van der Waals surface area (Å²) in [7, 11) is 1.77. The molecule has 2 fully saturated rings. The van der Waals surface area contributed by atoms with E-state index in [1.165, 1.54) is 6.07 Å². The SMILES string of the molecule is CCOC(=O)C1CCC(NC(=NC)NCC2(c3cccc(F)c3)CC2)CC1. The normalized spacial score (nSPS) is 24.2. The Kier molecular flexibility index (Phi) is 6.34. The Morgan fingerprint density at radius 2 is 2.04 bits per heavy atom. The van der Waals surface area contributed by atoms with Crippen molar-refractivity contribution in [2.45, 2.75) is 56.9 Å². The summed E-state index contributed by atoms with van der Waals surface area (Å²) >= 11 is 0. The van der Waals surface area contributed by atoms with Crippen LogP contribution in [0.2, 0.25) is 0 Å². The first-order valence-electron chi connectivity index (χ1n) is 9.96. The summed E-state index contributed by atoms with van der Waals surface area (Å²) in [4.78, 5) is 16.2. The fraction of sp³-hybridized carbons (Fsp3) is 0.619. The van der Waals surface area contributed by atoms with Gasteiger partial charge in [0.2, 0.25) is 0 Å². The zero-order chi connectivity index (χ0) is 19.3. The fourth-order valence-corrected chi connectivity index (χ4v) is 3.91. The molecular formula is C21H30FN3O2. The quantitative estimate of drug-likeness (QED) is 0.456. The van der Waals surface area contributed by atoms with Gasteiger partial charge in [-0.05, 0) is 63.1 Å². The van der Waals surface area contributed by atoms with Crippen molar-refractivity contribution in [2.24, 2.45) is 10.9 Å². The molecule has 0 aliphatic heterocycles. The fourth-order valence-electron chi connectivity index (χ4n) is 3.91. The third kappa shape index (κ3) is 4.99. The zero-order valence-corrected chi connectivity index (χ0v) is 16.3. The number of guanidine groups is 1. The number of nitrogens with zero attached hydrogens (tertiary/aromatic N) is 1. The van der Waals surface area contributed by atoms with Crippen LogP contribution in [0.25, 0.3) is 0 Å². The van der Waals surface area contributed by atoms with E-state index in [-0.39, 0.29) is 23.1 Å². The standard InChI is InChI=1S/C21H30FN3O2/c1-3-27-19(26)15-7-9-18(10-8-15)25-20(23-2)24-14-21(11-12-21)16-5-4-6-17(22)13-16/h4-6,13,15,18H,3,7-12,14H2,1-2H3,(H2,23,24,25). The van der Waals surface area contributed by atoms with Crippen molar-refractivity contribution < 1.29 is 13.9 Å². The van der Waals surface area contributed by atoms with Gasteiger partial charge in [-0.3, -0.25) is 9.79 Å². The minimum absolute atomic E-state index is 0.0152. The molecule has 2 aliphatic carbocycles. The molecule has 2 saturated carbocycles. The number of rotatable bonds is 6. The van der Waals surface area contributed by atoms with Crippen molar-refractivity contribution in [1.29, 1.82) is 0 Å². The first-order valence-corrected chi connectivity index (χ1v) is 9.96. The Balaban J connectivity index is 1.47. The molecule has 0 heterocycles. The average Bonchev–Trinajstić information content (AvgIpc) is 3.47. The van der Waals surface area contributed by atoms with Crippen LogP contribution in [0.3, 0.4) is 0 Å². The van der Waals surface area contributed by atoms with Gasteiger partial charge in [-0.15, -0.1) is 0 Å². The molecule has 0 spiro atoms. The molecule has 0 radical (unpaired) electrons. The molecule has 0 aromatic heterocycles. The van der Waals surface area contributed by atoms with Crippen LogP contribution in [-0.4, -0.2) is 38.2 Å². The van der Waals surface area contributed by atoms with Gasteiger partial charge < -0.3 is 15.4 Å². The van der Waals surface area contributed by atoms with E-state index in [1.807, 2.05) is 13.0 Å². The Labute approximate surface area is 160 Å². The van der Waals surface area contributed by atoms with Gasteiger partial charge in [0.15, 0.2) is 5.96 Å². The minimum atomic E-state index is -0.181. The molecular weight excluding hydrogens is 345 g/mol. The van der Waals surface area contributed by atoms with Crippen molar-refractivity contribution in [3.8, 4) is 0 Å². The van der Waals surface area contributed by atoms with Crippen LogP contribution < -0.4 is 10.6 Å². The van der Waals surface area contributed by atoms with Crippen LogP contribution in [0.5, 0.6) is 0 Å². The highest BCUT2D eigenvalue weighted by Crippen LogP contribution is 2.47. The van der Waals surface area contributed by atoms with Gasteiger partial charge in [-0.25, -0.2) is 4.39 Å². The predicted molar refractivity (Wildman–Crippen MR) is 104 cm³/mol. The van der Waals surface area contributed by atoms with Gasteiger partial charge >= 0.3 is 5.97 Å². The number of benzene rings is 1. The second-order valence-electron chi connectivity index (χ2n) is 7.66. The molecule has 27 heavy (non-hydrogen) atoms. The molecule has 5 nitrogen and oxygen atoms in total. The number of ether oxygens (including phenoxy) is 1. The molecule has 6 heteroatoms. The van der Waals surface area contributed by atoms with Crippen LogP contribution >= 0.6 is 0 Å². The monoisotopic (exact) mass is 375 g/mol. The number of carbonyl (C=O) groups is 1. The van der Waals surface area contributed by atoms with Gasteiger partial charge in [-0.1, -0.05) is 12.1 Å². The van der Waals surface area contributed by atoms with Crippen molar-refractivity contribution >= 4 is 11.9 Å². The highest BCUT2D eigenvalue weighted by molar-refractivity contribution is 5.80. The molecule has 2 N–H and O–H groups in total. The average molecular weight is 375 g/mol. The summed E-state index contributed by atoms with van der Waals surface area (Å²) < 4.78 is 18.7. The molecule has 0 bridgehead atoms. The summed E-state index contributed by atoms with van der Waals surface area (Å²) in [5, 5.41) is 6.89. The van der Waals surface area contributed by atoms with Gasteiger partial charge in [0, 0.05) is 25.0 Å². The molecule has 1 aromatic carbocycles. The predicted octanol–water partition coefficient (Wildman–Crippen LogP) is 3.14. The third-order valence-corrected chi connectivity index (χ3v) is 5.80. The molecule has 0 unspecified atom stereocenters. The van der Waals surface area contributed by atoms with Crippen LogP contribution in [0.4, 0.5) is 4.39 Å². The number of carbonyl (C=O) groups excluding carboxylic acids is 1. The summed E-state index contributed by atoms with van der Waals surface area (Å²) in [5.74, 6) is 0.557. The first kappa shape index (κ1) is 19.6. The smallest absolute Gasteiger partial charge is 0.308 e. The molecule has 0 amide bonds. The van der Waals surface area contributed by atoms with E-state index in [2.05, 4.69) is 15.6 Å². The van der Waals surface area contributed by atoms with Crippen LogP contribution in [0.1, 0.15) is 51.0 Å². The number of hydrogen-bond donors (Lipinski definition) is 2. The maximum Gasteiger partial charge on any atom is 0.308 e. The lowest BCUT2D eigenvalue weighted by Gasteiger charge is -2.29. The highest BCUT2D eigenvalue weighted by atomic mass is 19.1. The Bertz CT molecular complexity index is 680. The maximum absolute atomic E-state index is 13.5. The third-order valence-electron chi connectivity index (χ3n) is 5.80. The number of hydrogen-bond acceptors (Lipinski definition) is 3. The summed E-state index contributed by atoms with van der Waals surface area (Å²) in [5.41, 5.74) is 1.07. The van der Waals surface area contributed by atoms with Crippen LogP contribution in [-0.2, 0) is 14.9 Å². The molecule has 2 aliphatic rings. The van der Waals surface area contributed by atoms with E-state index in [4.69, 9.17) is 4.74 Å². The largest absolute Gasteiger partial charge is 0.466 e. The Hall–Kier alpha value is -2.11. The molecule has 0 atom stereocenters. The van der Waals surface area contributed by atoms with E-state index < -0.39 is 0 Å². The molecule has 1 aromatic rings. The van der Waals surface area contributed by atoms with Crippen LogP contribution in [0, 0.1) is 11.7 Å².